The van der Waals surface area contributed by atoms with Crippen LogP contribution in [0.4, 0.5) is 4.79 Å². The zero-order chi connectivity index (χ0) is 15.6. The number of piperidine rings is 1. The Kier molecular flexibility index (Phi) is 4.76. The lowest BCUT2D eigenvalue weighted by Gasteiger charge is -2.37. The molecule has 2 aliphatic rings. The molecule has 0 unspecified atom stereocenters. The summed E-state index contributed by atoms with van der Waals surface area (Å²) in [6.45, 7) is 6.22. The van der Waals surface area contributed by atoms with Crippen LogP contribution >= 0.6 is 0 Å². The summed E-state index contributed by atoms with van der Waals surface area (Å²) >= 11 is 0. The number of nitrogens with zero attached hydrogens (tertiary/aromatic N) is 1. The highest BCUT2D eigenvalue weighted by atomic mass is 16.6. The smallest absolute Gasteiger partial charge is 0.407 e. The van der Waals surface area contributed by atoms with Gasteiger partial charge in [0, 0.05) is 18.6 Å². The molecule has 0 spiro atoms. The van der Waals surface area contributed by atoms with Crippen molar-refractivity contribution in [2.75, 3.05) is 13.7 Å². The maximum atomic E-state index is 11.8. The highest BCUT2D eigenvalue weighted by molar-refractivity contribution is 5.76. The number of amides is 1. The Morgan fingerprint density at radius 1 is 1.14 bits per heavy atom. The van der Waals surface area contributed by atoms with Gasteiger partial charge in [-0.15, -0.1) is 0 Å². The van der Waals surface area contributed by atoms with Crippen LogP contribution in [0.15, 0.2) is 0 Å². The van der Waals surface area contributed by atoms with Crippen LogP contribution in [0.2, 0.25) is 0 Å². The summed E-state index contributed by atoms with van der Waals surface area (Å²) in [6.07, 6.45) is 3.40. The summed E-state index contributed by atoms with van der Waals surface area (Å²) in [6, 6.07) is 0.301. The number of ether oxygens (including phenoxy) is 2. The number of nitrogens with one attached hydrogen (secondary N) is 1. The Hall–Kier alpha value is -1.30. The van der Waals surface area contributed by atoms with Gasteiger partial charge in [-0.3, -0.25) is 9.69 Å². The molecule has 21 heavy (non-hydrogen) atoms. The number of hydrogen-bond acceptors (Lipinski definition) is 5. The Balaban J connectivity index is 1.90. The van der Waals surface area contributed by atoms with Crippen molar-refractivity contribution in [2.24, 2.45) is 0 Å². The first kappa shape index (κ1) is 16.1. The normalized spacial score (nSPS) is 29.6. The summed E-state index contributed by atoms with van der Waals surface area (Å²) in [5.41, 5.74) is -0.497. The van der Waals surface area contributed by atoms with Crippen LogP contribution in [0, 0.1) is 0 Å². The van der Waals surface area contributed by atoms with Crippen molar-refractivity contribution < 1.29 is 19.1 Å². The Morgan fingerprint density at radius 2 is 1.81 bits per heavy atom. The summed E-state index contributed by atoms with van der Waals surface area (Å²) in [5, 5.41) is 2.91. The standard InChI is InChI=1S/C15H26N2O4/c1-15(2,3)21-14(19)16-10-5-6-11-7-8-12(13(18)20-4)17(11)9-10/h10-12H,5-9H2,1-4H3,(H,16,19)/t10-,11+,12+/m1/s1. The van der Waals surface area contributed by atoms with Crippen LogP contribution in [0.1, 0.15) is 46.5 Å². The molecule has 0 aromatic carbocycles. The van der Waals surface area contributed by atoms with Crippen molar-refractivity contribution in [3.8, 4) is 0 Å². The second-order valence-corrected chi connectivity index (χ2v) is 6.89. The largest absolute Gasteiger partial charge is 0.468 e. The highest BCUT2D eigenvalue weighted by Crippen LogP contribution is 2.32. The number of alkyl carbamates (subject to hydrolysis) is 1. The van der Waals surface area contributed by atoms with Gasteiger partial charge in [0.1, 0.15) is 11.6 Å². The van der Waals surface area contributed by atoms with Gasteiger partial charge in [-0.25, -0.2) is 4.79 Å². The number of esters is 1. The van der Waals surface area contributed by atoms with Gasteiger partial charge in [0.05, 0.1) is 7.11 Å². The third kappa shape index (κ3) is 4.09. The van der Waals surface area contributed by atoms with E-state index in [4.69, 9.17) is 9.47 Å². The first-order valence-electron chi connectivity index (χ1n) is 7.63. The highest BCUT2D eigenvalue weighted by Gasteiger charge is 2.42. The maximum Gasteiger partial charge on any atom is 0.407 e. The van der Waals surface area contributed by atoms with E-state index in [2.05, 4.69) is 10.2 Å². The summed E-state index contributed by atoms with van der Waals surface area (Å²) in [7, 11) is 1.43. The van der Waals surface area contributed by atoms with Crippen LogP contribution in [-0.2, 0) is 14.3 Å². The molecule has 2 rings (SSSR count). The molecule has 2 fully saturated rings. The van der Waals surface area contributed by atoms with Crippen molar-refractivity contribution in [1.29, 1.82) is 0 Å². The van der Waals surface area contributed by atoms with Gasteiger partial charge in [-0.05, 0) is 46.5 Å². The number of rotatable bonds is 2. The topological polar surface area (TPSA) is 67.9 Å². The van der Waals surface area contributed by atoms with Gasteiger partial charge in [0.25, 0.3) is 0 Å². The molecule has 0 aromatic heterocycles. The third-order valence-corrected chi connectivity index (χ3v) is 4.12. The number of fused-ring (bicyclic) bond motifs is 1. The average Bonchev–Trinajstić information content (AvgIpc) is 2.78. The minimum Gasteiger partial charge on any atom is -0.468 e. The molecule has 0 bridgehead atoms. The molecule has 0 saturated carbocycles. The van der Waals surface area contributed by atoms with Crippen LogP contribution < -0.4 is 5.32 Å². The predicted octanol–water partition coefficient (Wildman–Crippen LogP) is 1.68. The van der Waals surface area contributed by atoms with Gasteiger partial charge in [0.2, 0.25) is 0 Å². The molecule has 0 aromatic rings. The van der Waals surface area contributed by atoms with Crippen molar-refractivity contribution in [3.63, 3.8) is 0 Å². The molecule has 2 saturated heterocycles. The molecule has 3 atom stereocenters. The zero-order valence-corrected chi connectivity index (χ0v) is 13.3. The second-order valence-electron chi connectivity index (χ2n) is 6.89. The SMILES string of the molecule is COC(=O)[C@@H]1CC[C@@H]2CC[C@@H](NC(=O)OC(C)(C)C)CN21. The second kappa shape index (κ2) is 6.22. The fourth-order valence-corrected chi connectivity index (χ4v) is 3.24. The van der Waals surface area contributed by atoms with E-state index in [0.29, 0.717) is 12.6 Å². The average molecular weight is 298 g/mol. The molecule has 6 nitrogen and oxygen atoms in total. The van der Waals surface area contributed by atoms with Crippen LogP contribution in [0.25, 0.3) is 0 Å². The van der Waals surface area contributed by atoms with E-state index in [1.165, 1.54) is 7.11 Å². The van der Waals surface area contributed by atoms with Crippen molar-refractivity contribution in [3.05, 3.63) is 0 Å². The molecular weight excluding hydrogens is 272 g/mol. The number of methoxy groups -OCH3 is 1. The molecular formula is C15H26N2O4. The molecule has 2 heterocycles. The lowest BCUT2D eigenvalue weighted by atomic mass is 9.99. The fourth-order valence-electron chi connectivity index (χ4n) is 3.24. The minimum atomic E-state index is -0.497. The lowest BCUT2D eigenvalue weighted by molar-refractivity contribution is -0.146. The number of carbonyl (C=O) groups is 2. The van der Waals surface area contributed by atoms with Crippen LogP contribution in [-0.4, -0.2) is 54.3 Å². The monoisotopic (exact) mass is 298 g/mol. The molecule has 120 valence electrons. The molecule has 6 heteroatoms. The van der Waals surface area contributed by atoms with Crippen molar-refractivity contribution >= 4 is 12.1 Å². The van der Waals surface area contributed by atoms with Gasteiger partial charge >= 0.3 is 12.1 Å². The lowest BCUT2D eigenvalue weighted by Crippen LogP contribution is -2.54. The Morgan fingerprint density at radius 3 is 2.43 bits per heavy atom. The van der Waals surface area contributed by atoms with Crippen LogP contribution in [0.5, 0.6) is 0 Å². The number of hydrogen-bond donors (Lipinski definition) is 1. The van der Waals surface area contributed by atoms with Gasteiger partial charge < -0.3 is 14.8 Å². The third-order valence-electron chi connectivity index (χ3n) is 4.12. The fraction of sp³-hybridized carbons (Fsp3) is 0.867. The van der Waals surface area contributed by atoms with Gasteiger partial charge in [0.15, 0.2) is 0 Å². The summed E-state index contributed by atoms with van der Waals surface area (Å²) < 4.78 is 10.2. The van der Waals surface area contributed by atoms with Gasteiger partial charge in [-0.2, -0.15) is 0 Å². The Bertz CT molecular complexity index is 405. The first-order chi connectivity index (χ1) is 9.80. The Labute approximate surface area is 126 Å². The van der Waals surface area contributed by atoms with Gasteiger partial charge in [-0.1, -0.05) is 0 Å². The molecule has 0 radical (unpaired) electrons. The van der Waals surface area contributed by atoms with E-state index in [1.54, 1.807) is 0 Å². The van der Waals surface area contributed by atoms with E-state index in [-0.39, 0.29) is 24.1 Å². The summed E-state index contributed by atoms with van der Waals surface area (Å²) in [5.74, 6) is -0.171. The zero-order valence-electron chi connectivity index (χ0n) is 13.3. The van der Waals surface area contributed by atoms with E-state index in [0.717, 1.165) is 25.7 Å². The van der Waals surface area contributed by atoms with E-state index >= 15 is 0 Å². The summed E-state index contributed by atoms with van der Waals surface area (Å²) in [4.78, 5) is 25.8. The quantitative estimate of drug-likeness (QED) is 0.786. The van der Waals surface area contributed by atoms with E-state index < -0.39 is 5.60 Å². The minimum absolute atomic E-state index is 0.0290. The van der Waals surface area contributed by atoms with E-state index in [1.807, 2.05) is 20.8 Å². The number of carbonyl (C=O) groups excluding carboxylic acids is 2. The molecule has 0 aliphatic carbocycles. The first-order valence-corrected chi connectivity index (χ1v) is 7.63. The maximum absolute atomic E-state index is 11.8. The molecule has 2 aliphatic heterocycles. The van der Waals surface area contributed by atoms with Crippen LogP contribution in [0.3, 0.4) is 0 Å². The predicted molar refractivity (Wildman–Crippen MR) is 77.9 cm³/mol. The molecule has 1 N–H and O–H groups in total. The van der Waals surface area contributed by atoms with E-state index in [9.17, 15) is 9.59 Å². The van der Waals surface area contributed by atoms with Crippen molar-refractivity contribution in [2.45, 2.75) is 70.2 Å². The van der Waals surface area contributed by atoms with Crippen molar-refractivity contribution in [1.82, 2.24) is 10.2 Å². The molecule has 1 amide bonds.